The molecule has 3 aromatic carbocycles. The molecule has 4 nitrogen and oxygen atoms in total. The average molecular weight is 378 g/mol. The number of hydrogen-bond acceptors (Lipinski definition) is 3. The topological polar surface area (TPSA) is 50.4 Å². The fourth-order valence-electron chi connectivity index (χ4n) is 2.73. The van der Waals surface area contributed by atoms with Gasteiger partial charge in [-0.25, -0.2) is 4.39 Å². The average Bonchev–Trinajstić information content (AvgIpc) is 2.72. The first-order chi connectivity index (χ1) is 13.7. The molecule has 0 atom stereocenters. The van der Waals surface area contributed by atoms with E-state index >= 15 is 0 Å². The maximum Gasteiger partial charge on any atom is 0.243 e. The summed E-state index contributed by atoms with van der Waals surface area (Å²) in [6.07, 6.45) is 1.91. The van der Waals surface area contributed by atoms with Gasteiger partial charge in [-0.1, -0.05) is 42.5 Å². The van der Waals surface area contributed by atoms with Crippen molar-refractivity contribution >= 4 is 17.3 Å². The zero-order chi connectivity index (χ0) is 19.6. The van der Waals surface area contributed by atoms with E-state index in [-0.39, 0.29) is 18.3 Å². The first-order valence-electron chi connectivity index (χ1n) is 9.26. The van der Waals surface area contributed by atoms with Crippen molar-refractivity contribution in [2.24, 2.45) is 0 Å². The van der Waals surface area contributed by atoms with Crippen LogP contribution in [0.2, 0.25) is 0 Å². The Morgan fingerprint density at radius 3 is 2.36 bits per heavy atom. The van der Waals surface area contributed by atoms with Crippen LogP contribution in [0.4, 0.5) is 15.8 Å². The summed E-state index contributed by atoms with van der Waals surface area (Å²) < 4.78 is 19.3. The number of benzene rings is 3. The monoisotopic (exact) mass is 378 g/mol. The summed E-state index contributed by atoms with van der Waals surface area (Å²) in [6.45, 7) is 0.617. The van der Waals surface area contributed by atoms with E-state index in [1.807, 2.05) is 30.3 Å². The van der Waals surface area contributed by atoms with Gasteiger partial charge in [-0.15, -0.1) is 0 Å². The number of nitrogens with one attached hydrogen (secondary N) is 2. The molecule has 144 valence electrons. The van der Waals surface area contributed by atoms with Crippen molar-refractivity contribution in [2.45, 2.75) is 12.8 Å². The maximum absolute atomic E-state index is 13.5. The largest absolute Gasteiger partial charge is 0.494 e. The predicted molar refractivity (Wildman–Crippen MR) is 110 cm³/mol. The molecule has 0 unspecified atom stereocenters. The van der Waals surface area contributed by atoms with Crippen LogP contribution in [0.5, 0.6) is 5.75 Å². The number of anilines is 2. The van der Waals surface area contributed by atoms with Gasteiger partial charge in [0.25, 0.3) is 0 Å². The van der Waals surface area contributed by atoms with Gasteiger partial charge in [0.15, 0.2) is 0 Å². The highest BCUT2D eigenvalue weighted by molar-refractivity contribution is 5.93. The lowest BCUT2D eigenvalue weighted by Gasteiger charge is -2.10. The number of carbonyl (C=O) groups is 1. The van der Waals surface area contributed by atoms with Crippen LogP contribution in [0.25, 0.3) is 0 Å². The van der Waals surface area contributed by atoms with Crippen LogP contribution in [0, 0.1) is 5.82 Å². The lowest BCUT2D eigenvalue weighted by Crippen LogP contribution is -2.22. The highest BCUT2D eigenvalue weighted by Crippen LogP contribution is 2.17. The van der Waals surface area contributed by atoms with Gasteiger partial charge in [-0.3, -0.25) is 4.79 Å². The van der Waals surface area contributed by atoms with Gasteiger partial charge in [0.2, 0.25) is 5.91 Å². The summed E-state index contributed by atoms with van der Waals surface area (Å²) >= 11 is 0. The molecular formula is C23H23FN2O2. The predicted octanol–water partition coefficient (Wildman–Crippen LogP) is 4.89. The Labute approximate surface area is 164 Å². The van der Waals surface area contributed by atoms with Crippen LogP contribution in [0.15, 0.2) is 78.9 Å². The second kappa shape index (κ2) is 10.1. The third-order valence-electron chi connectivity index (χ3n) is 4.17. The van der Waals surface area contributed by atoms with Crippen molar-refractivity contribution in [3.63, 3.8) is 0 Å². The lowest BCUT2D eigenvalue weighted by molar-refractivity contribution is -0.114. The molecule has 0 fully saturated rings. The molecule has 0 aliphatic heterocycles. The van der Waals surface area contributed by atoms with Crippen molar-refractivity contribution < 1.29 is 13.9 Å². The SMILES string of the molecule is O=C(CNc1ccccc1F)Nc1ccc(OCCCc2ccccc2)cc1. The molecule has 28 heavy (non-hydrogen) atoms. The molecular weight excluding hydrogens is 355 g/mol. The summed E-state index contributed by atoms with van der Waals surface area (Å²) in [6, 6.07) is 23.8. The van der Waals surface area contributed by atoms with Crippen molar-refractivity contribution in [1.82, 2.24) is 0 Å². The van der Waals surface area contributed by atoms with Crippen LogP contribution >= 0.6 is 0 Å². The number of hydrogen-bond donors (Lipinski definition) is 2. The molecule has 0 saturated heterocycles. The Kier molecular flexibility index (Phi) is 7.01. The van der Waals surface area contributed by atoms with E-state index in [1.165, 1.54) is 11.6 Å². The Bertz CT molecular complexity index is 883. The van der Waals surface area contributed by atoms with Crippen molar-refractivity contribution in [3.05, 3.63) is 90.2 Å². The van der Waals surface area contributed by atoms with E-state index in [0.29, 0.717) is 18.0 Å². The Balaban J connectivity index is 1.39. The normalized spacial score (nSPS) is 10.3. The van der Waals surface area contributed by atoms with Crippen molar-refractivity contribution in [3.8, 4) is 5.75 Å². The van der Waals surface area contributed by atoms with Crippen LogP contribution < -0.4 is 15.4 Å². The van der Waals surface area contributed by atoms with Crippen LogP contribution in [-0.4, -0.2) is 19.1 Å². The van der Waals surface area contributed by atoms with Gasteiger partial charge in [-0.05, 0) is 54.8 Å². The molecule has 2 N–H and O–H groups in total. The van der Waals surface area contributed by atoms with Gasteiger partial charge in [-0.2, -0.15) is 0 Å². The Hall–Kier alpha value is -3.34. The second-order valence-electron chi connectivity index (χ2n) is 6.34. The summed E-state index contributed by atoms with van der Waals surface area (Å²) in [5.41, 5.74) is 2.27. The van der Waals surface area contributed by atoms with E-state index in [9.17, 15) is 9.18 Å². The van der Waals surface area contributed by atoms with E-state index in [2.05, 4.69) is 22.8 Å². The fraction of sp³-hybridized carbons (Fsp3) is 0.174. The van der Waals surface area contributed by atoms with Crippen LogP contribution in [0.3, 0.4) is 0 Å². The van der Waals surface area contributed by atoms with Crippen molar-refractivity contribution in [1.29, 1.82) is 0 Å². The van der Waals surface area contributed by atoms with E-state index in [1.54, 1.807) is 30.3 Å². The maximum atomic E-state index is 13.5. The molecule has 0 spiro atoms. The quantitative estimate of drug-likeness (QED) is 0.521. The minimum atomic E-state index is -0.385. The standard InChI is InChI=1S/C23H23FN2O2/c24-21-10-4-5-11-22(21)25-17-23(27)26-19-12-14-20(15-13-19)28-16-6-9-18-7-2-1-3-8-18/h1-5,7-8,10-15,25H,6,9,16-17H2,(H,26,27). The number of carbonyl (C=O) groups excluding carboxylic acids is 1. The molecule has 3 rings (SSSR count). The summed E-state index contributed by atoms with van der Waals surface area (Å²) in [5, 5.41) is 5.55. The summed E-state index contributed by atoms with van der Waals surface area (Å²) in [4.78, 5) is 12.0. The Morgan fingerprint density at radius 1 is 0.893 bits per heavy atom. The number of para-hydroxylation sites is 1. The number of aryl methyl sites for hydroxylation is 1. The van der Waals surface area contributed by atoms with Crippen LogP contribution in [0.1, 0.15) is 12.0 Å². The number of rotatable bonds is 9. The summed E-state index contributed by atoms with van der Waals surface area (Å²) in [5.74, 6) is 0.124. The van der Waals surface area contributed by atoms with E-state index in [0.717, 1.165) is 18.6 Å². The Morgan fingerprint density at radius 2 is 1.61 bits per heavy atom. The molecule has 5 heteroatoms. The molecule has 3 aromatic rings. The minimum absolute atomic E-state index is 0.0152. The zero-order valence-electron chi connectivity index (χ0n) is 15.5. The fourth-order valence-corrected chi connectivity index (χ4v) is 2.73. The highest BCUT2D eigenvalue weighted by atomic mass is 19.1. The third kappa shape index (κ3) is 6.13. The van der Waals surface area contributed by atoms with Crippen LogP contribution in [-0.2, 0) is 11.2 Å². The van der Waals surface area contributed by atoms with Gasteiger partial charge < -0.3 is 15.4 Å². The molecule has 0 heterocycles. The second-order valence-corrected chi connectivity index (χ2v) is 6.34. The van der Waals surface area contributed by atoms with Gasteiger partial charge >= 0.3 is 0 Å². The van der Waals surface area contributed by atoms with Gasteiger partial charge in [0.05, 0.1) is 18.8 Å². The molecule has 0 bridgehead atoms. The molecule has 1 amide bonds. The number of ether oxygens (including phenoxy) is 1. The molecule has 0 radical (unpaired) electrons. The van der Waals surface area contributed by atoms with Crippen molar-refractivity contribution in [2.75, 3.05) is 23.8 Å². The number of amides is 1. The van der Waals surface area contributed by atoms with E-state index < -0.39 is 0 Å². The molecule has 0 saturated carbocycles. The van der Waals surface area contributed by atoms with Gasteiger partial charge in [0, 0.05) is 5.69 Å². The third-order valence-corrected chi connectivity index (χ3v) is 4.17. The minimum Gasteiger partial charge on any atom is -0.494 e. The first-order valence-corrected chi connectivity index (χ1v) is 9.26. The number of halogens is 1. The summed E-state index contributed by atoms with van der Waals surface area (Å²) in [7, 11) is 0. The first kappa shape index (κ1) is 19.4. The smallest absolute Gasteiger partial charge is 0.243 e. The van der Waals surface area contributed by atoms with E-state index in [4.69, 9.17) is 4.74 Å². The zero-order valence-corrected chi connectivity index (χ0v) is 15.5. The van der Waals surface area contributed by atoms with Gasteiger partial charge in [0.1, 0.15) is 11.6 Å². The lowest BCUT2D eigenvalue weighted by atomic mass is 10.1. The molecule has 0 aliphatic rings. The molecule has 0 aromatic heterocycles. The highest BCUT2D eigenvalue weighted by Gasteiger charge is 2.05. The molecule has 0 aliphatic carbocycles.